The van der Waals surface area contributed by atoms with Gasteiger partial charge in [0.15, 0.2) is 11.4 Å². The molecule has 202 valence electrons. The second kappa shape index (κ2) is 9.06. The Balaban J connectivity index is 1.86. The second-order valence-corrected chi connectivity index (χ2v) is 10.5. The number of nitrogens with two attached hydrogens (primary N) is 1. The monoisotopic (exact) mass is 552 g/mol. The molecule has 11 heteroatoms. The van der Waals surface area contributed by atoms with Crippen LogP contribution in [0.15, 0.2) is 65.1 Å². The molecule has 7 N–H and O–H groups in total. The smallest absolute Gasteiger partial charge is 0.255 e. The number of ketones is 2. The number of aromatic hydroxyl groups is 1. The van der Waals surface area contributed by atoms with Gasteiger partial charge < -0.3 is 31.3 Å². The number of likely N-dealkylation sites (N-methyl/N-ethyl adjacent to an activating group) is 1. The number of halogens is 1. The van der Waals surface area contributed by atoms with Crippen LogP contribution in [0.1, 0.15) is 21.5 Å². The maximum Gasteiger partial charge on any atom is 0.255 e. The highest BCUT2D eigenvalue weighted by Crippen LogP contribution is 2.55. The molecule has 0 radical (unpaired) electrons. The van der Waals surface area contributed by atoms with Gasteiger partial charge in [-0.05, 0) is 49.0 Å². The summed E-state index contributed by atoms with van der Waals surface area (Å²) < 4.78 is 0. The number of Topliss-reactive ketones (excluding diaryl/α,β-unsaturated/α-hetero) is 2. The second-order valence-electron chi connectivity index (χ2n) is 10.1. The molecule has 10 nitrogen and oxygen atoms in total. The Bertz CT molecular complexity index is 1540. The summed E-state index contributed by atoms with van der Waals surface area (Å²) >= 11 is 6.02. The Kier molecular flexibility index (Phi) is 6.19. The minimum atomic E-state index is -2.99. The van der Waals surface area contributed by atoms with E-state index in [0.717, 1.165) is 0 Å². The number of nitrogens with zero attached hydrogens (tertiary/aromatic N) is 1. The molecule has 0 bridgehead atoms. The lowest BCUT2D eigenvalue weighted by atomic mass is 9.56. The largest absolute Gasteiger partial charge is 0.510 e. The number of benzene rings is 2. The molecule has 0 fully saturated rings. The van der Waals surface area contributed by atoms with Crippen LogP contribution in [0.2, 0.25) is 5.02 Å². The normalized spacial score (nSPS) is 29.4. The third-order valence-corrected chi connectivity index (χ3v) is 7.98. The minimum Gasteiger partial charge on any atom is -0.510 e. The molecule has 1 amide bonds. The number of fused-ring (bicyclic) bond motifs is 3. The summed E-state index contributed by atoms with van der Waals surface area (Å²) in [7, 11) is 2.95. The van der Waals surface area contributed by atoms with Gasteiger partial charge in [-0.2, -0.15) is 0 Å². The number of carbonyl (C=O) groups excluding carboxylic acids is 3. The maximum atomic E-state index is 13.8. The predicted molar refractivity (Wildman–Crippen MR) is 141 cm³/mol. The van der Waals surface area contributed by atoms with Gasteiger partial charge in [-0.1, -0.05) is 41.9 Å². The van der Waals surface area contributed by atoms with Crippen molar-refractivity contribution < 1.29 is 39.9 Å². The first kappa shape index (κ1) is 26.6. The molecular weight excluding hydrogens is 528 g/mol. The summed E-state index contributed by atoms with van der Waals surface area (Å²) in [5.74, 6) is -8.93. The number of rotatable bonds is 3. The summed E-state index contributed by atoms with van der Waals surface area (Å²) in [5.41, 5.74) is 1.85. The highest BCUT2D eigenvalue weighted by atomic mass is 35.5. The molecular formula is C28H25ClN2O8. The Morgan fingerprint density at radius 2 is 1.72 bits per heavy atom. The first-order valence-electron chi connectivity index (χ1n) is 11.9. The quantitative estimate of drug-likeness (QED) is 0.309. The summed E-state index contributed by atoms with van der Waals surface area (Å²) in [4.78, 5) is 40.8. The number of hydrogen-bond donors (Lipinski definition) is 6. The lowest BCUT2D eigenvalue weighted by Gasteiger charge is -2.52. The first-order valence-corrected chi connectivity index (χ1v) is 12.3. The van der Waals surface area contributed by atoms with Crippen molar-refractivity contribution in [2.24, 2.45) is 17.6 Å². The molecule has 5 unspecified atom stereocenters. The van der Waals surface area contributed by atoms with Crippen LogP contribution in [0.5, 0.6) is 5.75 Å². The molecule has 0 spiro atoms. The van der Waals surface area contributed by atoms with Crippen molar-refractivity contribution in [3.05, 3.63) is 86.8 Å². The number of carbonyl (C=O) groups is 3. The summed E-state index contributed by atoms with van der Waals surface area (Å²) in [6, 6.07) is 9.62. The highest BCUT2D eigenvalue weighted by Gasteiger charge is 2.67. The van der Waals surface area contributed by atoms with Crippen LogP contribution in [0.25, 0.3) is 11.6 Å². The number of aliphatic hydroxyl groups excluding tert-OH is 3. The van der Waals surface area contributed by atoms with Crippen molar-refractivity contribution in [2.45, 2.75) is 17.7 Å². The van der Waals surface area contributed by atoms with Gasteiger partial charge in [-0.15, -0.1) is 0 Å². The Morgan fingerprint density at radius 1 is 1.08 bits per heavy atom. The molecule has 5 atom stereocenters. The van der Waals surface area contributed by atoms with Crippen LogP contribution in [0, 0.1) is 11.8 Å². The lowest BCUT2D eigenvalue weighted by molar-refractivity contribution is -0.159. The van der Waals surface area contributed by atoms with E-state index in [0.29, 0.717) is 16.2 Å². The van der Waals surface area contributed by atoms with Crippen molar-refractivity contribution in [1.29, 1.82) is 0 Å². The van der Waals surface area contributed by atoms with Gasteiger partial charge in [0.25, 0.3) is 5.91 Å². The standard InChI is InChI=1S/C28H25ClN2O8/c1-31(2)21-20-23(34)17-14(10-11-6-8-12(29)9-7-11)13-4-3-5-15(32)16(13)22(33)18(17)25(36)28(20,39)26(37)19(24(21)35)27(30)38/h3-10,17,20-21,23,32,34-36,39H,1-2H3,(H2,30,38)/b14-10+. The van der Waals surface area contributed by atoms with Crippen molar-refractivity contribution in [1.82, 2.24) is 4.90 Å². The molecule has 0 saturated heterocycles. The van der Waals surface area contributed by atoms with Crippen molar-refractivity contribution >= 4 is 40.7 Å². The lowest BCUT2D eigenvalue weighted by Crippen LogP contribution is -2.68. The van der Waals surface area contributed by atoms with Gasteiger partial charge in [0.1, 0.15) is 22.8 Å². The van der Waals surface area contributed by atoms with Gasteiger partial charge >= 0.3 is 0 Å². The Labute approximate surface area is 227 Å². The molecule has 2 aromatic rings. The van der Waals surface area contributed by atoms with E-state index in [9.17, 15) is 39.9 Å². The SMILES string of the molecule is CN(C)C1C(O)=C(C(N)=O)C(=O)C2(O)C(O)=C3C(=O)c4c(O)cccc4/C(=C\c4ccc(Cl)cc4)C3C(O)C12. The zero-order valence-electron chi connectivity index (χ0n) is 20.8. The van der Waals surface area contributed by atoms with Gasteiger partial charge in [0.2, 0.25) is 5.78 Å². The fourth-order valence-electron chi connectivity index (χ4n) is 6.05. The van der Waals surface area contributed by atoms with Crippen molar-refractivity contribution in [2.75, 3.05) is 14.1 Å². The van der Waals surface area contributed by atoms with Crippen LogP contribution >= 0.6 is 11.6 Å². The molecule has 5 rings (SSSR count). The van der Waals surface area contributed by atoms with E-state index >= 15 is 0 Å². The fraction of sp³-hybridized carbons (Fsp3) is 0.250. The molecule has 0 heterocycles. The molecule has 0 aliphatic heterocycles. The van der Waals surface area contributed by atoms with Crippen LogP contribution in [-0.2, 0) is 9.59 Å². The van der Waals surface area contributed by atoms with Crippen LogP contribution in [0.4, 0.5) is 0 Å². The van der Waals surface area contributed by atoms with Gasteiger partial charge in [-0.25, -0.2) is 0 Å². The Hall–Kier alpha value is -3.96. The first-order chi connectivity index (χ1) is 18.3. The van der Waals surface area contributed by atoms with E-state index < -0.39 is 75.5 Å². The van der Waals surface area contributed by atoms with Gasteiger partial charge in [-0.3, -0.25) is 19.3 Å². The molecule has 0 saturated carbocycles. The molecule has 3 aliphatic carbocycles. The van der Waals surface area contributed by atoms with Crippen LogP contribution in [-0.4, -0.2) is 79.7 Å². The summed E-state index contributed by atoms with van der Waals surface area (Å²) in [6.45, 7) is 0. The van der Waals surface area contributed by atoms with E-state index in [2.05, 4.69) is 0 Å². The van der Waals surface area contributed by atoms with Crippen LogP contribution in [0.3, 0.4) is 0 Å². The van der Waals surface area contributed by atoms with Gasteiger partial charge in [0, 0.05) is 10.9 Å². The fourth-order valence-corrected chi connectivity index (χ4v) is 6.18. The summed E-state index contributed by atoms with van der Waals surface area (Å²) in [5, 5.41) is 57.2. The number of primary amides is 1. The number of phenols is 1. The molecule has 3 aliphatic rings. The van der Waals surface area contributed by atoms with E-state index in [1.807, 2.05) is 0 Å². The molecule has 2 aromatic carbocycles. The van der Waals surface area contributed by atoms with Crippen molar-refractivity contribution in [3.8, 4) is 5.75 Å². The average molecular weight is 553 g/mol. The zero-order chi connectivity index (χ0) is 28.5. The maximum absolute atomic E-state index is 13.8. The van der Waals surface area contributed by atoms with E-state index in [1.54, 1.807) is 36.4 Å². The number of phenolic OH excluding ortho intramolecular Hbond substituents is 1. The molecule has 0 aromatic heterocycles. The van der Waals surface area contributed by atoms with E-state index in [-0.39, 0.29) is 11.1 Å². The van der Waals surface area contributed by atoms with Crippen molar-refractivity contribution in [3.63, 3.8) is 0 Å². The highest BCUT2D eigenvalue weighted by molar-refractivity contribution is 6.30. The predicted octanol–water partition coefficient (Wildman–Crippen LogP) is 1.74. The zero-order valence-corrected chi connectivity index (χ0v) is 21.5. The van der Waals surface area contributed by atoms with E-state index in [1.165, 1.54) is 31.1 Å². The minimum absolute atomic E-state index is 0.203. The number of aliphatic hydroxyl groups is 4. The third-order valence-electron chi connectivity index (χ3n) is 7.72. The summed E-state index contributed by atoms with van der Waals surface area (Å²) in [6.07, 6.45) is -0.112. The van der Waals surface area contributed by atoms with E-state index in [4.69, 9.17) is 17.3 Å². The third kappa shape index (κ3) is 3.64. The topological polar surface area (TPSA) is 182 Å². The van der Waals surface area contributed by atoms with Crippen LogP contribution < -0.4 is 5.73 Å². The number of hydrogen-bond acceptors (Lipinski definition) is 9. The molecule has 39 heavy (non-hydrogen) atoms. The van der Waals surface area contributed by atoms with Gasteiger partial charge in [0.05, 0.1) is 29.2 Å². The average Bonchev–Trinajstić information content (AvgIpc) is 2.86. The Morgan fingerprint density at radius 3 is 2.31 bits per heavy atom. The number of amides is 1.